The SMILES string of the molecule is COc1ccc(C(=O)N2CCCCC2CN2CCCC2)cc1. The highest BCUT2D eigenvalue weighted by atomic mass is 16.5. The van der Waals surface area contributed by atoms with Gasteiger partial charge in [-0.15, -0.1) is 0 Å². The number of piperidine rings is 1. The monoisotopic (exact) mass is 302 g/mol. The van der Waals surface area contributed by atoms with E-state index < -0.39 is 0 Å². The molecule has 0 N–H and O–H groups in total. The Balaban J connectivity index is 1.69. The van der Waals surface area contributed by atoms with Gasteiger partial charge in [-0.1, -0.05) is 0 Å². The van der Waals surface area contributed by atoms with E-state index in [0.717, 1.165) is 37.2 Å². The molecule has 0 bridgehead atoms. The summed E-state index contributed by atoms with van der Waals surface area (Å²) in [6, 6.07) is 7.87. The van der Waals surface area contributed by atoms with Gasteiger partial charge in [0, 0.05) is 24.7 Å². The molecule has 0 aliphatic carbocycles. The maximum atomic E-state index is 12.9. The van der Waals surface area contributed by atoms with Crippen LogP contribution in [0.4, 0.5) is 0 Å². The third kappa shape index (κ3) is 3.43. The number of carbonyl (C=O) groups is 1. The number of carbonyl (C=O) groups excluding carboxylic acids is 1. The molecule has 2 saturated heterocycles. The highest BCUT2D eigenvalue weighted by Crippen LogP contribution is 2.23. The number of methoxy groups -OCH3 is 1. The minimum Gasteiger partial charge on any atom is -0.497 e. The molecule has 2 fully saturated rings. The number of likely N-dealkylation sites (tertiary alicyclic amines) is 2. The normalized spacial score (nSPS) is 22.8. The van der Waals surface area contributed by atoms with E-state index in [4.69, 9.17) is 4.74 Å². The molecule has 0 aromatic heterocycles. The van der Waals surface area contributed by atoms with Crippen molar-refractivity contribution < 1.29 is 9.53 Å². The van der Waals surface area contributed by atoms with Crippen LogP contribution in [0.1, 0.15) is 42.5 Å². The van der Waals surface area contributed by atoms with Crippen molar-refractivity contribution in [2.24, 2.45) is 0 Å². The summed E-state index contributed by atoms with van der Waals surface area (Å²) < 4.78 is 5.17. The van der Waals surface area contributed by atoms with E-state index in [1.165, 1.54) is 32.4 Å². The van der Waals surface area contributed by atoms with E-state index in [1.54, 1.807) is 7.11 Å². The molecule has 0 radical (unpaired) electrons. The Labute approximate surface area is 133 Å². The van der Waals surface area contributed by atoms with Crippen molar-refractivity contribution in [2.45, 2.75) is 38.1 Å². The van der Waals surface area contributed by atoms with Gasteiger partial charge in [-0.25, -0.2) is 0 Å². The fourth-order valence-corrected chi connectivity index (χ4v) is 3.62. The van der Waals surface area contributed by atoms with Crippen LogP contribution < -0.4 is 4.74 Å². The minimum atomic E-state index is 0.173. The lowest BCUT2D eigenvalue weighted by Crippen LogP contribution is -2.49. The van der Waals surface area contributed by atoms with Crippen molar-refractivity contribution in [3.63, 3.8) is 0 Å². The van der Waals surface area contributed by atoms with Crippen molar-refractivity contribution in [3.8, 4) is 5.75 Å². The second-order valence-corrected chi connectivity index (χ2v) is 6.38. The molecule has 4 nitrogen and oxygen atoms in total. The summed E-state index contributed by atoms with van der Waals surface area (Å²) in [4.78, 5) is 17.5. The lowest BCUT2D eigenvalue weighted by molar-refractivity contribution is 0.0560. The van der Waals surface area contributed by atoms with E-state index >= 15 is 0 Å². The first kappa shape index (κ1) is 15.3. The minimum absolute atomic E-state index is 0.173. The fourth-order valence-electron chi connectivity index (χ4n) is 3.62. The average molecular weight is 302 g/mol. The van der Waals surface area contributed by atoms with Gasteiger partial charge in [0.05, 0.1) is 7.11 Å². The van der Waals surface area contributed by atoms with Crippen LogP contribution in [-0.2, 0) is 0 Å². The quantitative estimate of drug-likeness (QED) is 0.857. The fraction of sp³-hybridized carbons (Fsp3) is 0.611. The highest BCUT2D eigenvalue weighted by molar-refractivity contribution is 5.94. The van der Waals surface area contributed by atoms with Crippen LogP contribution in [0.2, 0.25) is 0 Å². The van der Waals surface area contributed by atoms with Crippen LogP contribution in [0.3, 0.4) is 0 Å². The van der Waals surface area contributed by atoms with Gasteiger partial charge in [-0.3, -0.25) is 4.79 Å². The molecule has 0 spiro atoms. The molecule has 120 valence electrons. The smallest absolute Gasteiger partial charge is 0.254 e. The van der Waals surface area contributed by atoms with Crippen LogP contribution >= 0.6 is 0 Å². The van der Waals surface area contributed by atoms with Gasteiger partial charge < -0.3 is 14.5 Å². The molecule has 1 aromatic rings. The third-order valence-corrected chi connectivity index (χ3v) is 4.89. The summed E-state index contributed by atoms with van der Waals surface area (Å²) in [5.41, 5.74) is 0.772. The van der Waals surface area contributed by atoms with Crippen LogP contribution in [0.5, 0.6) is 5.75 Å². The average Bonchev–Trinajstić information content (AvgIpc) is 3.08. The summed E-state index contributed by atoms with van der Waals surface area (Å²) >= 11 is 0. The molecule has 2 aliphatic rings. The summed E-state index contributed by atoms with van der Waals surface area (Å²) in [5.74, 6) is 0.968. The van der Waals surface area contributed by atoms with E-state index in [9.17, 15) is 4.79 Å². The number of amides is 1. The Morgan fingerprint density at radius 1 is 1.09 bits per heavy atom. The molecule has 1 amide bonds. The van der Waals surface area contributed by atoms with Crippen molar-refractivity contribution in [1.82, 2.24) is 9.80 Å². The Kier molecular flexibility index (Phi) is 4.98. The highest BCUT2D eigenvalue weighted by Gasteiger charge is 2.29. The first-order chi connectivity index (χ1) is 10.8. The van der Waals surface area contributed by atoms with Gasteiger partial charge in [0.1, 0.15) is 5.75 Å². The third-order valence-electron chi connectivity index (χ3n) is 4.89. The largest absolute Gasteiger partial charge is 0.497 e. The second-order valence-electron chi connectivity index (χ2n) is 6.38. The van der Waals surface area contributed by atoms with E-state index in [1.807, 2.05) is 24.3 Å². The van der Waals surface area contributed by atoms with E-state index in [0.29, 0.717) is 6.04 Å². The Bertz CT molecular complexity index is 494. The molecule has 2 heterocycles. The van der Waals surface area contributed by atoms with Crippen LogP contribution in [0.15, 0.2) is 24.3 Å². The predicted molar refractivity (Wildman–Crippen MR) is 87.3 cm³/mol. The van der Waals surface area contributed by atoms with Crippen molar-refractivity contribution in [3.05, 3.63) is 29.8 Å². The van der Waals surface area contributed by atoms with Gasteiger partial charge in [0.25, 0.3) is 5.91 Å². The van der Waals surface area contributed by atoms with Crippen molar-refractivity contribution in [1.29, 1.82) is 0 Å². The molecule has 0 saturated carbocycles. The zero-order chi connectivity index (χ0) is 15.4. The molecule has 1 aromatic carbocycles. The number of benzene rings is 1. The Morgan fingerprint density at radius 3 is 2.45 bits per heavy atom. The summed E-state index contributed by atoms with van der Waals surface area (Å²) in [6.45, 7) is 4.33. The second kappa shape index (κ2) is 7.14. The molecule has 1 unspecified atom stereocenters. The Hall–Kier alpha value is -1.55. The number of hydrogen-bond acceptors (Lipinski definition) is 3. The molecule has 2 aliphatic heterocycles. The van der Waals surface area contributed by atoms with Gasteiger partial charge in [0.15, 0.2) is 0 Å². The van der Waals surface area contributed by atoms with Crippen molar-refractivity contribution >= 4 is 5.91 Å². The van der Waals surface area contributed by atoms with Crippen LogP contribution in [0, 0.1) is 0 Å². The Morgan fingerprint density at radius 2 is 1.77 bits per heavy atom. The number of rotatable bonds is 4. The van der Waals surface area contributed by atoms with Gasteiger partial charge in [0.2, 0.25) is 0 Å². The van der Waals surface area contributed by atoms with E-state index in [-0.39, 0.29) is 5.91 Å². The zero-order valence-corrected chi connectivity index (χ0v) is 13.5. The summed E-state index contributed by atoms with van der Waals surface area (Å²) in [6.07, 6.45) is 6.11. The van der Waals surface area contributed by atoms with Crippen LogP contribution in [-0.4, -0.2) is 55.0 Å². The maximum absolute atomic E-state index is 12.9. The topological polar surface area (TPSA) is 32.8 Å². The lowest BCUT2D eigenvalue weighted by Gasteiger charge is -2.38. The lowest BCUT2D eigenvalue weighted by atomic mass is 10.00. The van der Waals surface area contributed by atoms with Gasteiger partial charge in [-0.05, 0) is 69.5 Å². The molecule has 4 heteroatoms. The number of ether oxygens (including phenoxy) is 1. The zero-order valence-electron chi connectivity index (χ0n) is 13.5. The summed E-state index contributed by atoms with van der Waals surface area (Å²) in [5, 5.41) is 0. The standard InChI is InChI=1S/C18H26N2O2/c1-22-17-9-7-15(8-10-17)18(21)20-13-3-2-6-16(20)14-19-11-4-5-12-19/h7-10,16H,2-6,11-14H2,1H3. The van der Waals surface area contributed by atoms with E-state index in [2.05, 4.69) is 9.80 Å². The number of hydrogen-bond donors (Lipinski definition) is 0. The maximum Gasteiger partial charge on any atom is 0.254 e. The first-order valence-electron chi connectivity index (χ1n) is 8.45. The first-order valence-corrected chi connectivity index (χ1v) is 8.45. The molecule has 1 atom stereocenters. The van der Waals surface area contributed by atoms with Crippen molar-refractivity contribution in [2.75, 3.05) is 33.3 Å². The van der Waals surface area contributed by atoms with Gasteiger partial charge in [-0.2, -0.15) is 0 Å². The molecular weight excluding hydrogens is 276 g/mol. The molecule has 22 heavy (non-hydrogen) atoms. The predicted octanol–water partition coefficient (Wildman–Crippen LogP) is 2.79. The molecule has 3 rings (SSSR count). The number of nitrogens with zero attached hydrogens (tertiary/aromatic N) is 2. The molecular formula is C18H26N2O2. The van der Waals surface area contributed by atoms with Crippen LogP contribution in [0.25, 0.3) is 0 Å². The van der Waals surface area contributed by atoms with Gasteiger partial charge >= 0.3 is 0 Å². The summed E-state index contributed by atoms with van der Waals surface area (Å²) in [7, 11) is 1.65.